The van der Waals surface area contributed by atoms with Gasteiger partial charge in [0.1, 0.15) is 11.6 Å². The van der Waals surface area contributed by atoms with Crippen LogP contribution in [0, 0.1) is 18.6 Å². The highest BCUT2D eigenvalue weighted by molar-refractivity contribution is 7.22. The number of nitrogens with one attached hydrogen (secondary N) is 1. The van der Waals surface area contributed by atoms with Gasteiger partial charge in [-0.25, -0.2) is 13.8 Å². The van der Waals surface area contributed by atoms with Crippen molar-refractivity contribution in [2.75, 3.05) is 5.32 Å². The molecule has 0 aliphatic heterocycles. The van der Waals surface area contributed by atoms with Crippen LogP contribution in [0.2, 0.25) is 0 Å². The third kappa shape index (κ3) is 2.42. The summed E-state index contributed by atoms with van der Waals surface area (Å²) in [6.07, 6.45) is 0. The molecule has 1 heterocycles. The molecule has 0 atom stereocenters. The molecule has 0 aliphatic carbocycles. The van der Waals surface area contributed by atoms with Crippen molar-refractivity contribution in [1.29, 1.82) is 0 Å². The van der Waals surface area contributed by atoms with Crippen molar-refractivity contribution in [3.8, 4) is 0 Å². The second kappa shape index (κ2) is 4.59. The Morgan fingerprint density at radius 2 is 1.95 bits per heavy atom. The largest absolute Gasteiger partial charge is 0.329 e. The van der Waals surface area contributed by atoms with Gasteiger partial charge in [0.15, 0.2) is 5.13 Å². The lowest BCUT2D eigenvalue weighted by molar-refractivity contribution is 0.586. The Bertz CT molecular complexity index is 752. The minimum Gasteiger partial charge on any atom is -0.329 e. The maximum absolute atomic E-state index is 13.5. The molecule has 19 heavy (non-hydrogen) atoms. The van der Waals surface area contributed by atoms with E-state index in [1.165, 1.54) is 23.5 Å². The molecule has 3 rings (SSSR count). The second-order valence-corrected chi connectivity index (χ2v) is 5.27. The van der Waals surface area contributed by atoms with Crippen molar-refractivity contribution in [3.63, 3.8) is 0 Å². The third-order valence-electron chi connectivity index (χ3n) is 2.72. The number of aromatic nitrogens is 1. The quantitative estimate of drug-likeness (QED) is 0.738. The van der Waals surface area contributed by atoms with E-state index in [4.69, 9.17) is 0 Å². The fraction of sp³-hybridized carbons (Fsp3) is 0.0714. The van der Waals surface area contributed by atoms with Crippen LogP contribution < -0.4 is 5.32 Å². The lowest BCUT2D eigenvalue weighted by Gasteiger charge is -2.03. The SMILES string of the molecule is Cc1ccc2nc(Nc3ccc(F)cc3F)sc2c1. The van der Waals surface area contributed by atoms with Gasteiger partial charge in [-0.1, -0.05) is 17.4 Å². The van der Waals surface area contributed by atoms with E-state index in [9.17, 15) is 8.78 Å². The Hall–Kier alpha value is -2.01. The molecule has 0 aliphatic rings. The third-order valence-corrected chi connectivity index (χ3v) is 3.65. The van der Waals surface area contributed by atoms with Crippen LogP contribution in [-0.4, -0.2) is 4.98 Å². The number of anilines is 2. The molecule has 3 aromatic rings. The van der Waals surface area contributed by atoms with Crippen LogP contribution >= 0.6 is 11.3 Å². The number of fused-ring (bicyclic) bond motifs is 1. The van der Waals surface area contributed by atoms with Gasteiger partial charge in [0, 0.05) is 6.07 Å². The number of aryl methyl sites for hydroxylation is 1. The number of hydrogen-bond donors (Lipinski definition) is 1. The van der Waals surface area contributed by atoms with Crippen molar-refractivity contribution < 1.29 is 8.78 Å². The Morgan fingerprint density at radius 1 is 1.11 bits per heavy atom. The molecule has 0 spiro atoms. The summed E-state index contributed by atoms with van der Waals surface area (Å²) in [5.74, 6) is -1.22. The molecule has 0 radical (unpaired) electrons. The fourth-order valence-electron chi connectivity index (χ4n) is 1.79. The van der Waals surface area contributed by atoms with E-state index in [2.05, 4.69) is 10.3 Å². The maximum atomic E-state index is 13.5. The molecule has 5 heteroatoms. The number of hydrogen-bond acceptors (Lipinski definition) is 3. The van der Waals surface area contributed by atoms with Gasteiger partial charge in [0.05, 0.1) is 15.9 Å². The average Bonchev–Trinajstić information content (AvgIpc) is 2.74. The number of halogens is 2. The zero-order valence-corrected chi connectivity index (χ0v) is 10.9. The van der Waals surface area contributed by atoms with Gasteiger partial charge in [-0.05, 0) is 36.8 Å². The van der Waals surface area contributed by atoms with E-state index in [0.717, 1.165) is 21.8 Å². The van der Waals surface area contributed by atoms with Gasteiger partial charge >= 0.3 is 0 Å². The molecular formula is C14H10F2N2S. The summed E-state index contributed by atoms with van der Waals surface area (Å²) in [6, 6.07) is 9.35. The van der Waals surface area contributed by atoms with Crippen LogP contribution in [0.5, 0.6) is 0 Å². The van der Waals surface area contributed by atoms with Gasteiger partial charge in [0.2, 0.25) is 0 Å². The van der Waals surface area contributed by atoms with Crippen molar-refractivity contribution in [2.45, 2.75) is 6.92 Å². The second-order valence-electron chi connectivity index (χ2n) is 4.24. The first-order valence-corrected chi connectivity index (χ1v) is 6.53. The monoisotopic (exact) mass is 276 g/mol. The highest BCUT2D eigenvalue weighted by Gasteiger charge is 2.08. The Morgan fingerprint density at radius 3 is 2.74 bits per heavy atom. The molecule has 0 amide bonds. The van der Waals surface area contributed by atoms with Crippen LogP contribution in [0.15, 0.2) is 36.4 Å². The first kappa shape index (κ1) is 12.0. The van der Waals surface area contributed by atoms with Gasteiger partial charge in [-0.2, -0.15) is 0 Å². The first-order valence-electron chi connectivity index (χ1n) is 5.71. The molecule has 0 fully saturated rings. The average molecular weight is 276 g/mol. The molecule has 2 nitrogen and oxygen atoms in total. The Labute approximate surface area is 112 Å². The van der Waals surface area contributed by atoms with E-state index < -0.39 is 11.6 Å². The van der Waals surface area contributed by atoms with Crippen LogP contribution in [0.1, 0.15) is 5.56 Å². The number of benzene rings is 2. The molecular weight excluding hydrogens is 266 g/mol. The van der Waals surface area contributed by atoms with Crippen molar-refractivity contribution in [2.24, 2.45) is 0 Å². The summed E-state index contributed by atoms with van der Waals surface area (Å²) in [6.45, 7) is 2.01. The van der Waals surface area contributed by atoms with Crippen LogP contribution in [0.3, 0.4) is 0 Å². The highest BCUT2D eigenvalue weighted by atomic mass is 32.1. The number of rotatable bonds is 2. The zero-order chi connectivity index (χ0) is 13.4. The van der Waals surface area contributed by atoms with Crippen LogP contribution in [0.25, 0.3) is 10.2 Å². The minimum absolute atomic E-state index is 0.220. The Balaban J connectivity index is 1.96. The summed E-state index contributed by atoms with van der Waals surface area (Å²) >= 11 is 1.44. The van der Waals surface area contributed by atoms with Gasteiger partial charge in [-0.3, -0.25) is 0 Å². The van der Waals surface area contributed by atoms with Crippen LogP contribution in [-0.2, 0) is 0 Å². The normalized spacial score (nSPS) is 10.9. The molecule has 96 valence electrons. The number of nitrogens with zero attached hydrogens (tertiary/aromatic N) is 1. The summed E-state index contributed by atoms with van der Waals surface area (Å²) in [4.78, 5) is 4.36. The fourth-order valence-corrected chi connectivity index (χ4v) is 2.77. The Kier molecular flexibility index (Phi) is 2.91. The van der Waals surface area contributed by atoms with E-state index in [-0.39, 0.29) is 5.69 Å². The number of thiazole rings is 1. The predicted molar refractivity (Wildman–Crippen MR) is 74.0 cm³/mol. The lowest BCUT2D eigenvalue weighted by Crippen LogP contribution is -1.93. The molecule has 0 unspecified atom stereocenters. The smallest absolute Gasteiger partial charge is 0.188 e. The predicted octanol–water partition coefficient (Wildman–Crippen LogP) is 4.63. The maximum Gasteiger partial charge on any atom is 0.188 e. The molecule has 1 N–H and O–H groups in total. The van der Waals surface area contributed by atoms with Gasteiger partial charge in [-0.15, -0.1) is 0 Å². The molecule has 0 saturated heterocycles. The molecule has 0 saturated carbocycles. The van der Waals surface area contributed by atoms with Gasteiger partial charge < -0.3 is 5.32 Å². The molecule has 1 aromatic heterocycles. The minimum atomic E-state index is -0.629. The highest BCUT2D eigenvalue weighted by Crippen LogP contribution is 2.29. The topological polar surface area (TPSA) is 24.9 Å². The van der Waals surface area contributed by atoms with E-state index in [0.29, 0.717) is 5.13 Å². The molecule has 2 aromatic carbocycles. The first-order chi connectivity index (χ1) is 9.11. The van der Waals surface area contributed by atoms with Crippen molar-refractivity contribution in [3.05, 3.63) is 53.6 Å². The van der Waals surface area contributed by atoms with Crippen molar-refractivity contribution in [1.82, 2.24) is 4.98 Å². The molecule has 0 bridgehead atoms. The summed E-state index contributed by atoms with van der Waals surface area (Å²) in [5.41, 5.74) is 2.23. The van der Waals surface area contributed by atoms with Crippen LogP contribution in [0.4, 0.5) is 19.6 Å². The summed E-state index contributed by atoms with van der Waals surface area (Å²) in [5, 5.41) is 3.46. The standard InChI is InChI=1S/C14H10F2N2S/c1-8-2-4-12-13(6-8)19-14(18-12)17-11-5-3-9(15)7-10(11)16/h2-7H,1H3,(H,17,18). The van der Waals surface area contributed by atoms with E-state index in [1.54, 1.807) is 0 Å². The van der Waals surface area contributed by atoms with Crippen molar-refractivity contribution >= 4 is 32.4 Å². The van der Waals surface area contributed by atoms with E-state index >= 15 is 0 Å². The van der Waals surface area contributed by atoms with Gasteiger partial charge in [0.25, 0.3) is 0 Å². The van der Waals surface area contributed by atoms with E-state index in [1.807, 2.05) is 25.1 Å². The lowest BCUT2D eigenvalue weighted by atomic mass is 10.2. The summed E-state index contributed by atoms with van der Waals surface area (Å²) in [7, 11) is 0. The zero-order valence-electron chi connectivity index (χ0n) is 10.1. The summed E-state index contributed by atoms with van der Waals surface area (Å²) < 4.78 is 27.4.